The van der Waals surface area contributed by atoms with Crippen LogP contribution in [0, 0.1) is 0 Å². The Morgan fingerprint density at radius 1 is 1.20 bits per heavy atom. The Morgan fingerprint density at radius 2 is 2.13 bits per heavy atom. The average Bonchev–Trinajstić information content (AvgIpc) is 2.85. The molecule has 0 spiro atoms. The van der Waals surface area contributed by atoms with E-state index < -0.39 is 0 Å². The fourth-order valence-electron chi connectivity index (χ4n) is 1.43. The second kappa shape index (κ2) is 3.56. The van der Waals surface area contributed by atoms with Crippen LogP contribution in [-0.2, 0) is 0 Å². The molecule has 3 heterocycles. The molecule has 0 saturated carbocycles. The van der Waals surface area contributed by atoms with Gasteiger partial charge < -0.3 is 0 Å². The van der Waals surface area contributed by atoms with E-state index in [1.54, 1.807) is 22.7 Å². The number of halogens is 1. The SMILES string of the molecule is Clc1ncnc2c(-c3cccs3)csc12. The molecule has 0 amide bonds. The van der Waals surface area contributed by atoms with Crippen molar-refractivity contribution in [3.63, 3.8) is 0 Å². The van der Waals surface area contributed by atoms with Crippen LogP contribution >= 0.6 is 34.3 Å². The molecule has 0 fully saturated rings. The van der Waals surface area contributed by atoms with Crippen LogP contribution in [0.5, 0.6) is 0 Å². The lowest BCUT2D eigenvalue weighted by Crippen LogP contribution is -1.79. The van der Waals surface area contributed by atoms with Gasteiger partial charge in [-0.15, -0.1) is 22.7 Å². The lowest BCUT2D eigenvalue weighted by atomic mass is 10.2. The molecule has 0 unspecified atom stereocenters. The van der Waals surface area contributed by atoms with Gasteiger partial charge in [0.2, 0.25) is 0 Å². The summed E-state index contributed by atoms with van der Waals surface area (Å²) in [4.78, 5) is 9.47. The van der Waals surface area contributed by atoms with E-state index in [0.717, 1.165) is 15.8 Å². The largest absolute Gasteiger partial charge is 0.235 e. The first-order valence-electron chi connectivity index (χ1n) is 4.28. The second-order valence-corrected chi connectivity index (χ2v) is 5.15. The van der Waals surface area contributed by atoms with Gasteiger partial charge in [0.05, 0.1) is 10.2 Å². The van der Waals surface area contributed by atoms with Crippen molar-refractivity contribution < 1.29 is 0 Å². The van der Waals surface area contributed by atoms with Gasteiger partial charge in [0.25, 0.3) is 0 Å². The summed E-state index contributed by atoms with van der Waals surface area (Å²) in [6.07, 6.45) is 1.51. The number of thiophene rings is 2. The van der Waals surface area contributed by atoms with Crippen molar-refractivity contribution in [1.29, 1.82) is 0 Å². The zero-order valence-corrected chi connectivity index (χ0v) is 9.86. The fraction of sp³-hybridized carbons (Fsp3) is 0. The van der Waals surface area contributed by atoms with Gasteiger partial charge in [0, 0.05) is 15.8 Å². The molecule has 3 rings (SSSR count). The lowest BCUT2D eigenvalue weighted by Gasteiger charge is -1.94. The minimum absolute atomic E-state index is 0.535. The van der Waals surface area contributed by atoms with E-state index >= 15 is 0 Å². The molecule has 0 saturated heterocycles. The third kappa shape index (κ3) is 1.45. The molecule has 0 aliphatic rings. The highest BCUT2D eigenvalue weighted by atomic mass is 35.5. The number of hydrogen-bond donors (Lipinski definition) is 0. The molecule has 15 heavy (non-hydrogen) atoms. The maximum atomic E-state index is 5.99. The fourth-order valence-corrected chi connectivity index (χ4v) is 3.41. The van der Waals surface area contributed by atoms with Crippen LogP contribution in [0.3, 0.4) is 0 Å². The van der Waals surface area contributed by atoms with Crippen molar-refractivity contribution in [2.75, 3.05) is 0 Å². The maximum Gasteiger partial charge on any atom is 0.150 e. The van der Waals surface area contributed by atoms with E-state index in [1.807, 2.05) is 6.07 Å². The van der Waals surface area contributed by atoms with E-state index in [0.29, 0.717) is 5.15 Å². The number of fused-ring (bicyclic) bond motifs is 1. The Bertz CT molecular complexity index is 601. The van der Waals surface area contributed by atoms with Crippen LogP contribution in [0.1, 0.15) is 0 Å². The summed E-state index contributed by atoms with van der Waals surface area (Å²) in [5.74, 6) is 0. The van der Waals surface area contributed by atoms with Crippen LogP contribution in [0.2, 0.25) is 5.15 Å². The van der Waals surface area contributed by atoms with Crippen LogP contribution < -0.4 is 0 Å². The van der Waals surface area contributed by atoms with Crippen molar-refractivity contribution in [3.05, 3.63) is 34.4 Å². The zero-order chi connectivity index (χ0) is 10.3. The lowest BCUT2D eigenvalue weighted by molar-refractivity contribution is 1.23. The van der Waals surface area contributed by atoms with Crippen molar-refractivity contribution in [3.8, 4) is 10.4 Å². The summed E-state index contributed by atoms with van der Waals surface area (Å²) in [6, 6.07) is 4.12. The minimum atomic E-state index is 0.535. The minimum Gasteiger partial charge on any atom is -0.235 e. The zero-order valence-electron chi connectivity index (χ0n) is 7.48. The Kier molecular flexibility index (Phi) is 2.20. The van der Waals surface area contributed by atoms with Gasteiger partial charge in [0.1, 0.15) is 11.5 Å². The number of rotatable bonds is 1. The summed E-state index contributed by atoms with van der Waals surface area (Å²) >= 11 is 9.29. The van der Waals surface area contributed by atoms with Crippen LogP contribution in [-0.4, -0.2) is 9.97 Å². The molecular weight excluding hydrogens is 248 g/mol. The number of hydrogen-bond acceptors (Lipinski definition) is 4. The van der Waals surface area contributed by atoms with Gasteiger partial charge in [-0.1, -0.05) is 17.7 Å². The Hall–Kier alpha value is -0.970. The molecule has 74 valence electrons. The summed E-state index contributed by atoms with van der Waals surface area (Å²) in [7, 11) is 0. The first kappa shape index (κ1) is 9.27. The highest BCUT2D eigenvalue weighted by Gasteiger charge is 2.10. The topological polar surface area (TPSA) is 25.8 Å². The molecular formula is C10H5ClN2S2. The monoisotopic (exact) mass is 252 g/mol. The third-order valence-corrected chi connectivity index (χ3v) is 4.37. The molecule has 0 radical (unpaired) electrons. The molecule has 3 aromatic heterocycles. The van der Waals surface area contributed by atoms with E-state index in [-0.39, 0.29) is 0 Å². The highest BCUT2D eigenvalue weighted by Crippen LogP contribution is 2.36. The predicted octanol–water partition coefficient (Wildman–Crippen LogP) is 4.07. The first-order chi connectivity index (χ1) is 7.36. The van der Waals surface area contributed by atoms with Crippen LogP contribution in [0.15, 0.2) is 29.2 Å². The van der Waals surface area contributed by atoms with E-state index in [1.165, 1.54) is 11.2 Å². The van der Waals surface area contributed by atoms with Crippen molar-refractivity contribution in [2.24, 2.45) is 0 Å². The Balaban J connectivity index is 2.34. The average molecular weight is 253 g/mol. The molecule has 0 bridgehead atoms. The molecule has 0 aliphatic heterocycles. The number of aromatic nitrogens is 2. The van der Waals surface area contributed by atoms with Crippen molar-refractivity contribution in [2.45, 2.75) is 0 Å². The van der Waals surface area contributed by atoms with Gasteiger partial charge in [-0.2, -0.15) is 0 Å². The third-order valence-electron chi connectivity index (χ3n) is 2.10. The van der Waals surface area contributed by atoms with Gasteiger partial charge in [-0.25, -0.2) is 9.97 Å². The van der Waals surface area contributed by atoms with Crippen molar-refractivity contribution >= 4 is 44.5 Å². The maximum absolute atomic E-state index is 5.99. The van der Waals surface area contributed by atoms with Gasteiger partial charge in [-0.3, -0.25) is 0 Å². The summed E-state index contributed by atoms with van der Waals surface area (Å²) in [5, 5.41) is 4.67. The first-order valence-corrected chi connectivity index (χ1v) is 6.41. The van der Waals surface area contributed by atoms with E-state index in [9.17, 15) is 0 Å². The molecule has 0 aliphatic carbocycles. The normalized spacial score (nSPS) is 11.0. The Morgan fingerprint density at radius 3 is 2.93 bits per heavy atom. The highest BCUT2D eigenvalue weighted by molar-refractivity contribution is 7.19. The molecule has 3 aromatic rings. The second-order valence-electron chi connectivity index (χ2n) is 2.97. The van der Waals surface area contributed by atoms with E-state index in [4.69, 9.17) is 11.6 Å². The molecule has 0 aromatic carbocycles. The predicted molar refractivity (Wildman–Crippen MR) is 65.7 cm³/mol. The molecule has 0 atom stereocenters. The molecule has 2 nitrogen and oxygen atoms in total. The standard InChI is InChI=1S/C10H5ClN2S2/c11-10-9-8(12-5-13-10)6(4-15-9)7-2-1-3-14-7/h1-5H. The molecule has 0 N–H and O–H groups in total. The van der Waals surface area contributed by atoms with Gasteiger partial charge in [0.15, 0.2) is 0 Å². The molecule has 5 heteroatoms. The van der Waals surface area contributed by atoms with Crippen molar-refractivity contribution in [1.82, 2.24) is 9.97 Å². The summed E-state index contributed by atoms with van der Waals surface area (Å²) in [5.41, 5.74) is 2.09. The van der Waals surface area contributed by atoms with E-state index in [2.05, 4.69) is 26.8 Å². The quantitative estimate of drug-likeness (QED) is 0.610. The Labute approximate surface area is 99.2 Å². The number of nitrogens with zero attached hydrogens (tertiary/aromatic N) is 2. The van der Waals surface area contributed by atoms with Crippen LogP contribution in [0.4, 0.5) is 0 Å². The summed E-state index contributed by atoms with van der Waals surface area (Å²) in [6.45, 7) is 0. The van der Waals surface area contributed by atoms with Gasteiger partial charge in [-0.05, 0) is 11.4 Å². The van der Waals surface area contributed by atoms with Crippen LogP contribution in [0.25, 0.3) is 20.7 Å². The smallest absolute Gasteiger partial charge is 0.150 e. The van der Waals surface area contributed by atoms with Gasteiger partial charge >= 0.3 is 0 Å². The summed E-state index contributed by atoms with van der Waals surface area (Å²) < 4.78 is 0.961.